The Balaban J connectivity index is 1.75. The van der Waals surface area contributed by atoms with Crippen molar-refractivity contribution in [1.29, 1.82) is 5.26 Å². The number of hydrogen-bond acceptors (Lipinski definition) is 4. The molecule has 1 heterocycles. The summed E-state index contributed by atoms with van der Waals surface area (Å²) in [6.07, 6.45) is -0.438. The lowest BCUT2D eigenvalue weighted by molar-refractivity contribution is -0.0688. The first-order valence-electron chi connectivity index (χ1n) is 8.26. The van der Waals surface area contributed by atoms with Crippen LogP contribution in [0.2, 0.25) is 0 Å². The van der Waals surface area contributed by atoms with Gasteiger partial charge in [-0.05, 0) is 30.2 Å². The van der Waals surface area contributed by atoms with E-state index < -0.39 is 6.10 Å². The molecule has 2 aromatic rings. The lowest BCUT2D eigenvalue weighted by atomic mass is 10.0. The molecule has 1 N–H and O–H groups in total. The fourth-order valence-corrected chi connectivity index (χ4v) is 3.16. The van der Waals surface area contributed by atoms with Crippen molar-refractivity contribution in [1.82, 2.24) is 4.90 Å². The van der Waals surface area contributed by atoms with E-state index in [1.165, 1.54) is 5.56 Å². The number of hydrogen-bond donors (Lipinski definition) is 1. The third-order valence-electron chi connectivity index (χ3n) is 4.49. The van der Waals surface area contributed by atoms with Crippen molar-refractivity contribution in [3.05, 3.63) is 71.3 Å². The van der Waals surface area contributed by atoms with Gasteiger partial charge in [0, 0.05) is 13.1 Å². The van der Waals surface area contributed by atoms with Gasteiger partial charge in [-0.1, -0.05) is 42.5 Å². The van der Waals surface area contributed by atoms with Gasteiger partial charge in [0.25, 0.3) is 0 Å². The lowest BCUT2D eigenvalue weighted by Crippen LogP contribution is -2.45. The Hall–Kier alpha value is -2.19. The number of ether oxygens (including phenoxy) is 1. The normalized spacial score (nSPS) is 22.7. The van der Waals surface area contributed by atoms with Gasteiger partial charge in [-0.3, -0.25) is 4.90 Å². The second-order valence-corrected chi connectivity index (χ2v) is 6.27. The van der Waals surface area contributed by atoms with Crippen molar-refractivity contribution in [2.24, 2.45) is 0 Å². The molecule has 1 aliphatic heterocycles. The zero-order valence-corrected chi connectivity index (χ0v) is 13.8. The maximum atomic E-state index is 10.6. The summed E-state index contributed by atoms with van der Waals surface area (Å²) in [6.45, 7) is 4.01. The van der Waals surface area contributed by atoms with Crippen molar-refractivity contribution in [2.45, 2.75) is 25.2 Å². The largest absolute Gasteiger partial charge is 0.387 e. The van der Waals surface area contributed by atoms with Crippen molar-refractivity contribution in [2.75, 3.05) is 19.7 Å². The number of β-amino-alcohol motifs (C(OH)–C–C–N with tert-alkyl or cyclic N) is 1. The Morgan fingerprint density at radius 2 is 1.92 bits per heavy atom. The molecule has 0 radical (unpaired) electrons. The summed E-state index contributed by atoms with van der Waals surface area (Å²) in [5, 5.41) is 19.5. The molecule has 1 saturated heterocycles. The van der Waals surface area contributed by atoms with Gasteiger partial charge in [0.05, 0.1) is 36.5 Å². The molecule has 0 spiro atoms. The van der Waals surface area contributed by atoms with E-state index in [9.17, 15) is 5.11 Å². The van der Waals surface area contributed by atoms with Crippen LogP contribution in [0.5, 0.6) is 0 Å². The highest BCUT2D eigenvalue weighted by atomic mass is 16.5. The average Bonchev–Trinajstić information content (AvgIpc) is 2.62. The third kappa shape index (κ3) is 3.82. The summed E-state index contributed by atoms with van der Waals surface area (Å²) >= 11 is 0. The van der Waals surface area contributed by atoms with Crippen molar-refractivity contribution < 1.29 is 9.84 Å². The highest BCUT2D eigenvalue weighted by Crippen LogP contribution is 2.28. The highest BCUT2D eigenvalue weighted by molar-refractivity contribution is 5.32. The predicted molar refractivity (Wildman–Crippen MR) is 92.3 cm³/mol. The standard InChI is InChI=1S/C20H22N2O2/c1-15-12-22(19(14-24-15)17-5-3-2-4-6-17)13-20(23)18-9-7-16(11-21)8-10-18/h2-10,15,19-20,23H,12-14H2,1H3. The summed E-state index contributed by atoms with van der Waals surface area (Å²) in [4.78, 5) is 2.28. The fraction of sp³-hybridized carbons (Fsp3) is 0.350. The predicted octanol–water partition coefficient (Wildman–Crippen LogP) is 3.05. The number of aliphatic hydroxyl groups excluding tert-OH is 1. The van der Waals surface area contributed by atoms with Crippen LogP contribution in [0.4, 0.5) is 0 Å². The number of rotatable bonds is 4. The maximum absolute atomic E-state index is 10.6. The van der Waals surface area contributed by atoms with Gasteiger partial charge in [-0.2, -0.15) is 5.26 Å². The molecule has 3 atom stereocenters. The molecule has 2 aromatic carbocycles. The first kappa shape index (κ1) is 16.7. The van der Waals surface area contributed by atoms with Crippen LogP contribution in [0, 0.1) is 11.3 Å². The molecular formula is C20H22N2O2. The van der Waals surface area contributed by atoms with Gasteiger partial charge in [-0.25, -0.2) is 0 Å². The van der Waals surface area contributed by atoms with E-state index in [2.05, 4.69) is 30.0 Å². The van der Waals surface area contributed by atoms with Crippen LogP contribution in [0.25, 0.3) is 0 Å². The van der Waals surface area contributed by atoms with Crippen molar-refractivity contribution in [3.63, 3.8) is 0 Å². The number of nitriles is 1. The van der Waals surface area contributed by atoms with Gasteiger partial charge in [0.15, 0.2) is 0 Å². The van der Waals surface area contributed by atoms with Gasteiger partial charge < -0.3 is 9.84 Å². The minimum absolute atomic E-state index is 0.149. The Morgan fingerprint density at radius 3 is 2.58 bits per heavy atom. The van der Waals surface area contributed by atoms with Crippen LogP contribution >= 0.6 is 0 Å². The molecule has 4 heteroatoms. The topological polar surface area (TPSA) is 56.5 Å². The van der Waals surface area contributed by atoms with E-state index >= 15 is 0 Å². The van der Waals surface area contributed by atoms with E-state index in [4.69, 9.17) is 10.00 Å². The smallest absolute Gasteiger partial charge is 0.0991 e. The van der Waals surface area contributed by atoms with Crippen LogP contribution in [-0.4, -0.2) is 35.8 Å². The summed E-state index contributed by atoms with van der Waals surface area (Å²) in [5.74, 6) is 0. The van der Waals surface area contributed by atoms with Crippen LogP contribution < -0.4 is 0 Å². The first-order chi connectivity index (χ1) is 11.7. The minimum atomic E-state index is -0.589. The van der Waals surface area contributed by atoms with E-state index in [1.54, 1.807) is 12.1 Å². The van der Waals surface area contributed by atoms with Crippen LogP contribution in [0.15, 0.2) is 54.6 Å². The Bertz CT molecular complexity index is 694. The Kier molecular flexibility index (Phi) is 5.27. The van der Waals surface area contributed by atoms with Gasteiger partial charge in [0.1, 0.15) is 0 Å². The van der Waals surface area contributed by atoms with Crippen LogP contribution in [0.3, 0.4) is 0 Å². The van der Waals surface area contributed by atoms with Crippen LogP contribution in [-0.2, 0) is 4.74 Å². The molecule has 24 heavy (non-hydrogen) atoms. The highest BCUT2D eigenvalue weighted by Gasteiger charge is 2.29. The second-order valence-electron chi connectivity index (χ2n) is 6.27. The average molecular weight is 322 g/mol. The number of benzene rings is 2. The molecule has 3 rings (SSSR count). The molecule has 0 bridgehead atoms. The monoisotopic (exact) mass is 322 g/mol. The molecule has 4 nitrogen and oxygen atoms in total. The van der Waals surface area contributed by atoms with Gasteiger partial charge >= 0.3 is 0 Å². The molecule has 3 unspecified atom stereocenters. The second kappa shape index (κ2) is 7.59. The van der Waals surface area contributed by atoms with Gasteiger partial charge in [0.2, 0.25) is 0 Å². The minimum Gasteiger partial charge on any atom is -0.387 e. The molecule has 0 amide bonds. The summed E-state index contributed by atoms with van der Waals surface area (Å²) < 4.78 is 5.83. The molecule has 0 aliphatic carbocycles. The van der Waals surface area contributed by atoms with E-state index in [-0.39, 0.29) is 12.1 Å². The van der Waals surface area contributed by atoms with E-state index in [0.717, 1.165) is 12.1 Å². The fourth-order valence-electron chi connectivity index (χ4n) is 3.16. The first-order valence-corrected chi connectivity index (χ1v) is 8.26. The van der Waals surface area contributed by atoms with Gasteiger partial charge in [-0.15, -0.1) is 0 Å². The zero-order valence-electron chi connectivity index (χ0n) is 13.8. The van der Waals surface area contributed by atoms with Crippen LogP contribution in [0.1, 0.15) is 35.8 Å². The van der Waals surface area contributed by atoms with E-state index in [1.807, 2.05) is 30.3 Å². The van der Waals surface area contributed by atoms with Crippen molar-refractivity contribution >= 4 is 0 Å². The molecule has 1 fully saturated rings. The van der Waals surface area contributed by atoms with Crippen molar-refractivity contribution in [3.8, 4) is 6.07 Å². The SMILES string of the molecule is CC1CN(CC(O)c2ccc(C#N)cc2)C(c2ccccc2)CO1. The summed E-state index contributed by atoms with van der Waals surface area (Å²) in [6, 6.07) is 19.7. The number of morpholine rings is 1. The quantitative estimate of drug-likeness (QED) is 0.940. The third-order valence-corrected chi connectivity index (χ3v) is 4.49. The zero-order chi connectivity index (χ0) is 16.9. The number of nitrogens with zero attached hydrogens (tertiary/aromatic N) is 2. The Morgan fingerprint density at radius 1 is 1.21 bits per heavy atom. The molecule has 1 aliphatic rings. The molecule has 124 valence electrons. The summed E-state index contributed by atoms with van der Waals surface area (Å²) in [7, 11) is 0. The Labute approximate surface area is 142 Å². The molecule has 0 aromatic heterocycles. The molecule has 0 saturated carbocycles. The number of aliphatic hydroxyl groups is 1. The maximum Gasteiger partial charge on any atom is 0.0991 e. The summed E-state index contributed by atoms with van der Waals surface area (Å²) in [5.41, 5.74) is 2.64. The lowest BCUT2D eigenvalue weighted by Gasteiger charge is -2.40. The van der Waals surface area contributed by atoms with E-state index in [0.29, 0.717) is 18.7 Å². The molecular weight excluding hydrogens is 300 g/mol.